The van der Waals surface area contributed by atoms with Crippen molar-refractivity contribution < 1.29 is 14.0 Å². The van der Waals surface area contributed by atoms with Crippen LogP contribution in [-0.4, -0.2) is 41.2 Å². The Morgan fingerprint density at radius 2 is 2.11 bits per heavy atom. The first-order valence-electron chi connectivity index (χ1n) is 9.08. The standard InChI is InChI=1S/C20H22FN3O2.ClH/c1-12-18-15(6-3-7-17(18)25)23-19(12)20(26)24-9-8-22-11-16(24)13-4-2-5-14(21)10-13;/h2,4-5,10,16,22-23H,3,6-9,11H2,1H3;1H. The Morgan fingerprint density at radius 1 is 1.30 bits per heavy atom. The molecule has 1 aromatic heterocycles. The summed E-state index contributed by atoms with van der Waals surface area (Å²) >= 11 is 0. The number of ketones is 1. The van der Waals surface area contributed by atoms with Gasteiger partial charge in [0, 0.05) is 37.3 Å². The molecule has 1 amide bonds. The highest BCUT2D eigenvalue weighted by atomic mass is 35.5. The van der Waals surface area contributed by atoms with Gasteiger partial charge in [-0.15, -0.1) is 12.4 Å². The van der Waals surface area contributed by atoms with E-state index in [4.69, 9.17) is 0 Å². The van der Waals surface area contributed by atoms with Crippen molar-refractivity contribution in [3.8, 4) is 0 Å². The Balaban J connectivity index is 0.00000210. The summed E-state index contributed by atoms with van der Waals surface area (Å²) < 4.78 is 13.7. The number of aromatic amines is 1. The van der Waals surface area contributed by atoms with Gasteiger partial charge >= 0.3 is 0 Å². The third-order valence-corrected chi connectivity index (χ3v) is 5.39. The van der Waals surface area contributed by atoms with Crippen molar-refractivity contribution in [3.05, 3.63) is 58.2 Å². The van der Waals surface area contributed by atoms with Crippen LogP contribution in [0, 0.1) is 12.7 Å². The summed E-state index contributed by atoms with van der Waals surface area (Å²) in [6.45, 7) is 3.64. The fourth-order valence-electron chi connectivity index (χ4n) is 4.09. The number of benzene rings is 1. The van der Waals surface area contributed by atoms with Crippen molar-refractivity contribution in [1.82, 2.24) is 15.2 Å². The minimum Gasteiger partial charge on any atom is -0.354 e. The molecule has 2 aliphatic rings. The summed E-state index contributed by atoms with van der Waals surface area (Å²) in [5.41, 5.74) is 3.58. The van der Waals surface area contributed by atoms with Crippen molar-refractivity contribution in [1.29, 1.82) is 0 Å². The highest BCUT2D eigenvalue weighted by Crippen LogP contribution is 2.30. The van der Waals surface area contributed by atoms with Gasteiger partial charge < -0.3 is 15.2 Å². The highest BCUT2D eigenvalue weighted by Gasteiger charge is 2.33. The van der Waals surface area contributed by atoms with E-state index in [-0.39, 0.29) is 36.0 Å². The van der Waals surface area contributed by atoms with Gasteiger partial charge in [0.1, 0.15) is 11.5 Å². The first-order chi connectivity index (χ1) is 12.6. The monoisotopic (exact) mass is 391 g/mol. The maximum Gasteiger partial charge on any atom is 0.271 e. The van der Waals surface area contributed by atoms with Crippen molar-refractivity contribution in [3.63, 3.8) is 0 Å². The molecule has 0 bridgehead atoms. The summed E-state index contributed by atoms with van der Waals surface area (Å²) in [6.07, 6.45) is 2.15. The van der Waals surface area contributed by atoms with E-state index in [1.54, 1.807) is 11.0 Å². The van der Waals surface area contributed by atoms with Crippen LogP contribution in [0.2, 0.25) is 0 Å². The maximum absolute atomic E-state index is 13.7. The van der Waals surface area contributed by atoms with Crippen LogP contribution in [0.25, 0.3) is 0 Å². The van der Waals surface area contributed by atoms with Gasteiger partial charge in [-0.25, -0.2) is 4.39 Å². The number of carbonyl (C=O) groups excluding carboxylic acids is 2. The molecule has 0 saturated carbocycles. The Labute approximate surface area is 163 Å². The average molecular weight is 392 g/mol. The van der Waals surface area contributed by atoms with Gasteiger partial charge in [0.15, 0.2) is 5.78 Å². The molecule has 2 N–H and O–H groups in total. The smallest absolute Gasteiger partial charge is 0.271 e. The number of amides is 1. The number of hydrogen-bond acceptors (Lipinski definition) is 3. The molecule has 2 aromatic rings. The van der Waals surface area contributed by atoms with Gasteiger partial charge in [0.25, 0.3) is 5.91 Å². The molecule has 1 fully saturated rings. The van der Waals surface area contributed by atoms with Crippen LogP contribution in [0.5, 0.6) is 0 Å². The topological polar surface area (TPSA) is 65.2 Å². The fourth-order valence-corrected chi connectivity index (χ4v) is 4.09. The van der Waals surface area contributed by atoms with E-state index in [9.17, 15) is 14.0 Å². The van der Waals surface area contributed by atoms with Crippen LogP contribution in [0.3, 0.4) is 0 Å². The Kier molecular flexibility index (Phi) is 5.67. The summed E-state index contributed by atoms with van der Waals surface area (Å²) in [6, 6.07) is 6.16. The van der Waals surface area contributed by atoms with Crippen LogP contribution in [0.4, 0.5) is 4.39 Å². The number of aromatic nitrogens is 1. The number of piperazine rings is 1. The second-order valence-electron chi connectivity index (χ2n) is 7.03. The first-order valence-corrected chi connectivity index (χ1v) is 9.08. The molecule has 144 valence electrons. The second-order valence-corrected chi connectivity index (χ2v) is 7.03. The minimum absolute atomic E-state index is 0. The second kappa shape index (κ2) is 7.82. The van der Waals surface area contributed by atoms with E-state index in [0.717, 1.165) is 29.7 Å². The van der Waals surface area contributed by atoms with Crippen LogP contribution in [-0.2, 0) is 6.42 Å². The van der Waals surface area contributed by atoms with Crippen LogP contribution < -0.4 is 5.32 Å². The van der Waals surface area contributed by atoms with Gasteiger partial charge in [-0.2, -0.15) is 0 Å². The van der Waals surface area contributed by atoms with Gasteiger partial charge in [-0.3, -0.25) is 9.59 Å². The van der Waals surface area contributed by atoms with Crippen molar-refractivity contribution in [2.45, 2.75) is 32.2 Å². The molecule has 1 aliphatic heterocycles. The SMILES string of the molecule is Cc1c(C(=O)N2CCNCC2c2cccc(F)c2)[nH]c2c1C(=O)CCC2.Cl. The first kappa shape index (κ1) is 19.6. The predicted molar refractivity (Wildman–Crippen MR) is 103 cm³/mol. The number of fused-ring (bicyclic) bond motifs is 1. The number of aryl methyl sites for hydroxylation is 1. The lowest BCUT2D eigenvalue weighted by Crippen LogP contribution is -2.49. The van der Waals surface area contributed by atoms with Crippen molar-refractivity contribution in [2.75, 3.05) is 19.6 Å². The number of carbonyl (C=O) groups is 2. The third kappa shape index (κ3) is 3.51. The number of Topliss-reactive ketones (excluding diaryl/α,β-unsaturated/α-hetero) is 1. The number of rotatable bonds is 2. The molecule has 1 atom stereocenters. The van der Waals surface area contributed by atoms with E-state index < -0.39 is 0 Å². The third-order valence-electron chi connectivity index (χ3n) is 5.39. The molecular weight excluding hydrogens is 369 g/mol. The zero-order chi connectivity index (χ0) is 18.3. The predicted octanol–water partition coefficient (Wildman–Crippen LogP) is 3.19. The van der Waals surface area contributed by atoms with Crippen molar-refractivity contribution >= 4 is 24.1 Å². The van der Waals surface area contributed by atoms with Gasteiger partial charge in [0.2, 0.25) is 0 Å². The van der Waals surface area contributed by atoms with Crippen LogP contribution in [0.15, 0.2) is 24.3 Å². The molecule has 7 heteroatoms. The largest absolute Gasteiger partial charge is 0.354 e. The summed E-state index contributed by atoms with van der Waals surface area (Å²) in [4.78, 5) is 30.5. The molecule has 0 spiro atoms. The van der Waals surface area contributed by atoms with E-state index in [1.165, 1.54) is 12.1 Å². The zero-order valence-electron chi connectivity index (χ0n) is 15.2. The zero-order valence-corrected chi connectivity index (χ0v) is 16.0. The van der Waals surface area contributed by atoms with Gasteiger partial charge in [-0.05, 0) is 43.0 Å². The Bertz CT molecular complexity index is 880. The highest BCUT2D eigenvalue weighted by molar-refractivity contribution is 6.04. The van der Waals surface area contributed by atoms with Crippen molar-refractivity contribution in [2.24, 2.45) is 0 Å². The lowest BCUT2D eigenvalue weighted by molar-refractivity contribution is 0.0627. The van der Waals surface area contributed by atoms with Crippen LogP contribution >= 0.6 is 12.4 Å². The lowest BCUT2D eigenvalue weighted by Gasteiger charge is -2.36. The molecule has 1 unspecified atom stereocenters. The number of hydrogen-bond donors (Lipinski definition) is 2. The average Bonchev–Trinajstić information content (AvgIpc) is 2.99. The summed E-state index contributed by atoms with van der Waals surface area (Å²) in [7, 11) is 0. The van der Waals surface area contributed by atoms with Gasteiger partial charge in [-0.1, -0.05) is 12.1 Å². The number of nitrogens with one attached hydrogen (secondary N) is 2. The molecule has 1 saturated heterocycles. The van der Waals surface area contributed by atoms with E-state index in [0.29, 0.717) is 37.3 Å². The Hall–Kier alpha value is -2.18. The number of H-pyrrole nitrogens is 1. The molecule has 4 rings (SSSR count). The summed E-state index contributed by atoms with van der Waals surface area (Å²) in [5.74, 6) is -0.320. The van der Waals surface area contributed by atoms with E-state index in [2.05, 4.69) is 10.3 Å². The van der Waals surface area contributed by atoms with Crippen LogP contribution in [0.1, 0.15) is 56.6 Å². The fraction of sp³-hybridized carbons (Fsp3) is 0.400. The quantitative estimate of drug-likeness (QED) is 0.826. The number of nitrogens with zero attached hydrogens (tertiary/aromatic N) is 1. The lowest BCUT2D eigenvalue weighted by atomic mass is 9.93. The molecule has 0 radical (unpaired) electrons. The minimum atomic E-state index is -0.308. The molecule has 1 aromatic carbocycles. The van der Waals surface area contributed by atoms with E-state index >= 15 is 0 Å². The van der Waals surface area contributed by atoms with Gasteiger partial charge in [0.05, 0.1) is 6.04 Å². The maximum atomic E-state index is 13.7. The molecule has 1 aliphatic carbocycles. The number of halogens is 2. The molecule has 2 heterocycles. The summed E-state index contributed by atoms with van der Waals surface area (Å²) in [5, 5.41) is 3.28. The Morgan fingerprint density at radius 3 is 2.85 bits per heavy atom. The molecule has 27 heavy (non-hydrogen) atoms. The molecule has 5 nitrogen and oxygen atoms in total. The molecular formula is C20H23ClFN3O2. The van der Waals surface area contributed by atoms with E-state index in [1.807, 2.05) is 13.0 Å². The normalized spacial score (nSPS) is 19.4.